The van der Waals surface area contributed by atoms with E-state index in [9.17, 15) is 4.39 Å². The zero-order valence-corrected chi connectivity index (χ0v) is 13.1. The highest BCUT2D eigenvalue weighted by Gasteiger charge is 2.19. The molecule has 0 atom stereocenters. The van der Waals surface area contributed by atoms with E-state index >= 15 is 0 Å². The second-order valence-electron chi connectivity index (χ2n) is 6.13. The van der Waals surface area contributed by atoms with Gasteiger partial charge in [-0.2, -0.15) is 0 Å². The van der Waals surface area contributed by atoms with Crippen molar-refractivity contribution >= 4 is 5.69 Å². The lowest BCUT2D eigenvalue weighted by Gasteiger charge is -2.33. The minimum absolute atomic E-state index is 0.179. The predicted molar refractivity (Wildman–Crippen MR) is 89.5 cm³/mol. The first-order valence-corrected chi connectivity index (χ1v) is 8.00. The van der Waals surface area contributed by atoms with Crippen LogP contribution in [0.2, 0.25) is 0 Å². The molecule has 2 aromatic rings. The smallest absolute Gasteiger partial charge is 0.125 e. The molecule has 1 aliphatic rings. The third kappa shape index (κ3) is 3.86. The van der Waals surface area contributed by atoms with E-state index in [0.29, 0.717) is 6.04 Å². The minimum Gasteiger partial charge on any atom is -0.382 e. The van der Waals surface area contributed by atoms with Gasteiger partial charge in [-0.25, -0.2) is 4.39 Å². The van der Waals surface area contributed by atoms with Crippen LogP contribution < -0.4 is 5.32 Å². The third-order valence-corrected chi connectivity index (χ3v) is 4.44. The van der Waals surface area contributed by atoms with Gasteiger partial charge in [0, 0.05) is 31.4 Å². The van der Waals surface area contributed by atoms with Crippen molar-refractivity contribution in [3.63, 3.8) is 0 Å². The number of piperidine rings is 1. The average Bonchev–Trinajstić information content (AvgIpc) is 2.52. The standard InChI is InChI=1S/C19H23FN2/c1-15-5-2-3-6-16(15)14-22-11-9-18(10-12-22)21-19-8-4-7-17(20)13-19/h2-8,13,18,21H,9-12,14H2,1H3. The van der Waals surface area contributed by atoms with Crippen LogP contribution in [-0.4, -0.2) is 24.0 Å². The second-order valence-corrected chi connectivity index (χ2v) is 6.13. The van der Waals surface area contributed by atoms with Gasteiger partial charge in [-0.1, -0.05) is 30.3 Å². The number of likely N-dealkylation sites (tertiary alicyclic amines) is 1. The van der Waals surface area contributed by atoms with Gasteiger partial charge in [-0.15, -0.1) is 0 Å². The van der Waals surface area contributed by atoms with Crippen LogP contribution in [-0.2, 0) is 6.54 Å². The fourth-order valence-corrected chi connectivity index (χ4v) is 3.08. The molecule has 1 heterocycles. The summed E-state index contributed by atoms with van der Waals surface area (Å²) in [6, 6.07) is 15.8. The molecule has 0 amide bonds. The average molecular weight is 298 g/mol. The Hall–Kier alpha value is -1.87. The summed E-state index contributed by atoms with van der Waals surface area (Å²) in [6.07, 6.45) is 2.20. The van der Waals surface area contributed by atoms with E-state index in [-0.39, 0.29) is 5.82 Å². The highest BCUT2D eigenvalue weighted by molar-refractivity contribution is 5.44. The van der Waals surface area contributed by atoms with E-state index < -0.39 is 0 Å². The first-order chi connectivity index (χ1) is 10.7. The number of nitrogens with one attached hydrogen (secondary N) is 1. The summed E-state index contributed by atoms with van der Waals surface area (Å²) >= 11 is 0. The summed E-state index contributed by atoms with van der Waals surface area (Å²) in [5.74, 6) is -0.179. The van der Waals surface area contributed by atoms with Crippen LogP contribution >= 0.6 is 0 Å². The van der Waals surface area contributed by atoms with Crippen molar-refractivity contribution in [1.82, 2.24) is 4.90 Å². The molecule has 0 bridgehead atoms. The molecule has 0 aliphatic carbocycles. The summed E-state index contributed by atoms with van der Waals surface area (Å²) in [5.41, 5.74) is 3.67. The molecule has 0 spiro atoms. The number of nitrogens with zero attached hydrogens (tertiary/aromatic N) is 1. The zero-order chi connectivity index (χ0) is 15.4. The van der Waals surface area contributed by atoms with Crippen molar-refractivity contribution in [1.29, 1.82) is 0 Å². The SMILES string of the molecule is Cc1ccccc1CN1CCC(Nc2cccc(F)c2)CC1. The molecule has 0 saturated carbocycles. The number of aryl methyl sites for hydroxylation is 1. The van der Waals surface area contributed by atoms with Gasteiger partial charge in [0.1, 0.15) is 5.82 Å². The van der Waals surface area contributed by atoms with Gasteiger partial charge in [0.25, 0.3) is 0 Å². The zero-order valence-electron chi connectivity index (χ0n) is 13.1. The minimum atomic E-state index is -0.179. The van der Waals surface area contributed by atoms with Crippen LogP contribution in [0.15, 0.2) is 48.5 Å². The quantitative estimate of drug-likeness (QED) is 0.909. The van der Waals surface area contributed by atoms with Crippen molar-refractivity contribution in [2.45, 2.75) is 32.4 Å². The van der Waals surface area contributed by atoms with Crippen molar-refractivity contribution in [3.8, 4) is 0 Å². The van der Waals surface area contributed by atoms with Crippen LogP contribution in [0.5, 0.6) is 0 Å². The molecule has 22 heavy (non-hydrogen) atoms. The van der Waals surface area contributed by atoms with E-state index in [4.69, 9.17) is 0 Å². The highest BCUT2D eigenvalue weighted by atomic mass is 19.1. The number of anilines is 1. The molecule has 1 fully saturated rings. The molecule has 2 aromatic carbocycles. The predicted octanol–water partition coefficient (Wildman–Crippen LogP) is 4.21. The Morgan fingerprint density at radius 2 is 1.86 bits per heavy atom. The van der Waals surface area contributed by atoms with Crippen LogP contribution in [0.3, 0.4) is 0 Å². The molecule has 1 aliphatic heterocycles. The molecule has 1 N–H and O–H groups in total. The molecular formula is C19H23FN2. The van der Waals surface area contributed by atoms with E-state index in [1.54, 1.807) is 12.1 Å². The fourth-order valence-electron chi connectivity index (χ4n) is 3.08. The Balaban J connectivity index is 1.51. The number of hydrogen-bond donors (Lipinski definition) is 1. The number of rotatable bonds is 4. The van der Waals surface area contributed by atoms with Crippen molar-refractivity contribution in [2.24, 2.45) is 0 Å². The van der Waals surface area contributed by atoms with Crippen molar-refractivity contribution in [3.05, 3.63) is 65.5 Å². The van der Waals surface area contributed by atoms with E-state index in [1.165, 1.54) is 17.2 Å². The Labute approximate surface area is 132 Å². The number of halogens is 1. The first kappa shape index (κ1) is 15.0. The summed E-state index contributed by atoms with van der Waals surface area (Å²) in [4.78, 5) is 2.51. The number of hydrogen-bond acceptors (Lipinski definition) is 2. The maximum atomic E-state index is 13.2. The number of benzene rings is 2. The molecule has 2 nitrogen and oxygen atoms in total. The summed E-state index contributed by atoms with van der Waals surface area (Å²) in [7, 11) is 0. The lowest BCUT2D eigenvalue weighted by Crippen LogP contribution is -2.38. The normalized spacial score (nSPS) is 16.6. The largest absolute Gasteiger partial charge is 0.382 e. The Morgan fingerprint density at radius 1 is 1.09 bits per heavy atom. The van der Waals surface area contributed by atoms with Crippen molar-refractivity contribution in [2.75, 3.05) is 18.4 Å². The summed E-state index contributed by atoms with van der Waals surface area (Å²) in [6.45, 7) is 5.37. The first-order valence-electron chi connectivity index (χ1n) is 8.00. The van der Waals surface area contributed by atoms with Gasteiger partial charge >= 0.3 is 0 Å². The maximum absolute atomic E-state index is 13.2. The Kier molecular flexibility index (Phi) is 4.74. The molecular weight excluding hydrogens is 275 g/mol. The molecule has 0 unspecified atom stereocenters. The monoisotopic (exact) mass is 298 g/mol. The molecule has 3 rings (SSSR count). The Bertz CT molecular complexity index is 618. The van der Waals surface area contributed by atoms with Crippen LogP contribution in [0.25, 0.3) is 0 Å². The molecule has 3 heteroatoms. The lowest BCUT2D eigenvalue weighted by molar-refractivity contribution is 0.211. The van der Waals surface area contributed by atoms with Gasteiger partial charge < -0.3 is 5.32 Å². The van der Waals surface area contributed by atoms with Gasteiger partial charge in [0.2, 0.25) is 0 Å². The molecule has 116 valence electrons. The highest BCUT2D eigenvalue weighted by Crippen LogP contribution is 2.19. The second kappa shape index (κ2) is 6.93. The van der Waals surface area contributed by atoms with Gasteiger partial charge in [-0.3, -0.25) is 4.90 Å². The molecule has 0 radical (unpaired) electrons. The molecule has 1 saturated heterocycles. The van der Waals surface area contributed by atoms with Crippen molar-refractivity contribution < 1.29 is 4.39 Å². The van der Waals surface area contributed by atoms with E-state index in [0.717, 1.165) is 38.2 Å². The van der Waals surface area contributed by atoms with Gasteiger partial charge in [-0.05, 0) is 49.1 Å². The van der Waals surface area contributed by atoms with E-state index in [1.807, 2.05) is 6.07 Å². The van der Waals surface area contributed by atoms with Crippen LogP contribution in [0.1, 0.15) is 24.0 Å². The van der Waals surface area contributed by atoms with Crippen LogP contribution in [0, 0.1) is 12.7 Å². The topological polar surface area (TPSA) is 15.3 Å². The lowest BCUT2D eigenvalue weighted by atomic mass is 10.0. The van der Waals surface area contributed by atoms with Gasteiger partial charge in [0.15, 0.2) is 0 Å². The van der Waals surface area contributed by atoms with Gasteiger partial charge in [0.05, 0.1) is 0 Å². The third-order valence-electron chi connectivity index (χ3n) is 4.44. The van der Waals surface area contributed by atoms with E-state index in [2.05, 4.69) is 41.4 Å². The Morgan fingerprint density at radius 3 is 2.59 bits per heavy atom. The summed E-state index contributed by atoms with van der Waals surface area (Å²) < 4.78 is 13.2. The maximum Gasteiger partial charge on any atom is 0.125 e. The van der Waals surface area contributed by atoms with Crippen LogP contribution in [0.4, 0.5) is 10.1 Å². The molecule has 0 aromatic heterocycles. The fraction of sp³-hybridized carbons (Fsp3) is 0.368. The summed E-state index contributed by atoms with van der Waals surface area (Å²) in [5, 5.41) is 3.45.